The van der Waals surface area contributed by atoms with Gasteiger partial charge in [0.1, 0.15) is 0 Å². The molecule has 0 saturated heterocycles. The summed E-state index contributed by atoms with van der Waals surface area (Å²) in [6.07, 6.45) is 0. The van der Waals surface area contributed by atoms with Crippen molar-refractivity contribution < 1.29 is 0 Å². The van der Waals surface area contributed by atoms with E-state index in [1.807, 2.05) is 0 Å². The molecular formula is C12H19N. The molecule has 0 aliphatic carbocycles. The highest BCUT2D eigenvalue weighted by Crippen LogP contribution is 2.22. The van der Waals surface area contributed by atoms with Gasteiger partial charge in [-0.15, -0.1) is 0 Å². The zero-order valence-electron chi connectivity index (χ0n) is 8.96. The predicted molar refractivity (Wildman–Crippen MR) is 57.7 cm³/mol. The van der Waals surface area contributed by atoms with E-state index in [2.05, 4.69) is 45.9 Å². The van der Waals surface area contributed by atoms with Gasteiger partial charge < -0.3 is 5.73 Å². The lowest BCUT2D eigenvalue weighted by Gasteiger charge is -2.18. The molecule has 0 aliphatic rings. The van der Waals surface area contributed by atoms with Crippen LogP contribution in [0.2, 0.25) is 0 Å². The standard InChI is InChI=1S/C12H19N/c1-8(2)12(13)11-6-5-9(3)7-10(11)4/h5-8,12H,13H2,1-4H3. The van der Waals surface area contributed by atoms with E-state index in [9.17, 15) is 0 Å². The molecular weight excluding hydrogens is 158 g/mol. The fourth-order valence-electron chi connectivity index (χ4n) is 1.56. The van der Waals surface area contributed by atoms with Crippen LogP contribution in [0.4, 0.5) is 0 Å². The van der Waals surface area contributed by atoms with Gasteiger partial charge >= 0.3 is 0 Å². The summed E-state index contributed by atoms with van der Waals surface area (Å²) in [5.74, 6) is 0.501. The minimum Gasteiger partial charge on any atom is -0.324 e. The van der Waals surface area contributed by atoms with E-state index < -0.39 is 0 Å². The Morgan fingerprint density at radius 1 is 1.15 bits per heavy atom. The molecule has 2 N–H and O–H groups in total. The highest BCUT2D eigenvalue weighted by molar-refractivity contribution is 5.32. The summed E-state index contributed by atoms with van der Waals surface area (Å²) in [4.78, 5) is 0. The average Bonchev–Trinajstić information content (AvgIpc) is 2.03. The van der Waals surface area contributed by atoms with Crippen molar-refractivity contribution >= 4 is 0 Å². The Morgan fingerprint density at radius 2 is 1.77 bits per heavy atom. The number of nitrogens with two attached hydrogens (primary N) is 1. The molecule has 13 heavy (non-hydrogen) atoms. The third-order valence-electron chi connectivity index (χ3n) is 2.50. The molecule has 1 heteroatoms. The molecule has 0 radical (unpaired) electrons. The van der Waals surface area contributed by atoms with Crippen molar-refractivity contribution in [3.8, 4) is 0 Å². The Balaban J connectivity index is 3.01. The molecule has 1 aromatic carbocycles. The topological polar surface area (TPSA) is 26.0 Å². The van der Waals surface area contributed by atoms with Crippen LogP contribution in [0.1, 0.15) is 36.6 Å². The number of aryl methyl sites for hydroxylation is 2. The van der Waals surface area contributed by atoms with Gasteiger partial charge in [-0.3, -0.25) is 0 Å². The molecule has 1 atom stereocenters. The van der Waals surface area contributed by atoms with E-state index in [0.29, 0.717) is 5.92 Å². The van der Waals surface area contributed by atoms with E-state index in [1.54, 1.807) is 0 Å². The van der Waals surface area contributed by atoms with Crippen LogP contribution in [0.5, 0.6) is 0 Å². The maximum absolute atomic E-state index is 6.09. The highest BCUT2D eigenvalue weighted by Gasteiger charge is 2.11. The molecule has 0 aromatic heterocycles. The summed E-state index contributed by atoms with van der Waals surface area (Å²) in [6, 6.07) is 6.64. The maximum atomic E-state index is 6.09. The van der Waals surface area contributed by atoms with E-state index in [0.717, 1.165) is 0 Å². The van der Waals surface area contributed by atoms with Gasteiger partial charge in [0.25, 0.3) is 0 Å². The second-order valence-corrected chi connectivity index (χ2v) is 4.13. The van der Waals surface area contributed by atoms with Crippen molar-refractivity contribution in [2.75, 3.05) is 0 Å². The second-order valence-electron chi connectivity index (χ2n) is 4.13. The third-order valence-corrected chi connectivity index (χ3v) is 2.50. The fourth-order valence-corrected chi connectivity index (χ4v) is 1.56. The van der Waals surface area contributed by atoms with Crippen molar-refractivity contribution in [2.24, 2.45) is 11.7 Å². The van der Waals surface area contributed by atoms with Crippen molar-refractivity contribution in [1.29, 1.82) is 0 Å². The molecule has 0 heterocycles. The van der Waals surface area contributed by atoms with Gasteiger partial charge in [-0.25, -0.2) is 0 Å². The van der Waals surface area contributed by atoms with Crippen LogP contribution >= 0.6 is 0 Å². The van der Waals surface area contributed by atoms with Crippen LogP contribution in [0.3, 0.4) is 0 Å². The minimum atomic E-state index is 0.167. The normalized spacial score (nSPS) is 13.4. The first-order valence-electron chi connectivity index (χ1n) is 4.85. The number of benzene rings is 1. The average molecular weight is 177 g/mol. The smallest absolute Gasteiger partial charge is 0.0320 e. The molecule has 0 spiro atoms. The van der Waals surface area contributed by atoms with Crippen LogP contribution in [0.15, 0.2) is 18.2 Å². The summed E-state index contributed by atoms with van der Waals surface area (Å²) < 4.78 is 0. The lowest BCUT2D eigenvalue weighted by atomic mass is 9.93. The van der Waals surface area contributed by atoms with Crippen LogP contribution in [0, 0.1) is 19.8 Å². The van der Waals surface area contributed by atoms with Gasteiger partial charge in [-0.2, -0.15) is 0 Å². The Labute approximate surface area is 81.0 Å². The molecule has 0 amide bonds. The van der Waals surface area contributed by atoms with Crippen molar-refractivity contribution in [3.05, 3.63) is 34.9 Å². The quantitative estimate of drug-likeness (QED) is 0.738. The molecule has 0 fully saturated rings. The van der Waals surface area contributed by atoms with Gasteiger partial charge in [0.2, 0.25) is 0 Å². The van der Waals surface area contributed by atoms with Crippen LogP contribution in [-0.2, 0) is 0 Å². The van der Waals surface area contributed by atoms with Crippen LogP contribution < -0.4 is 5.73 Å². The van der Waals surface area contributed by atoms with Gasteiger partial charge in [-0.1, -0.05) is 37.6 Å². The highest BCUT2D eigenvalue weighted by atomic mass is 14.6. The van der Waals surface area contributed by atoms with Crippen LogP contribution in [-0.4, -0.2) is 0 Å². The Morgan fingerprint density at radius 3 is 2.23 bits per heavy atom. The molecule has 1 aromatic rings. The summed E-state index contributed by atoms with van der Waals surface area (Å²) >= 11 is 0. The predicted octanol–water partition coefficient (Wildman–Crippen LogP) is 2.96. The Kier molecular flexibility index (Phi) is 3.10. The fraction of sp³-hybridized carbons (Fsp3) is 0.500. The largest absolute Gasteiger partial charge is 0.324 e. The van der Waals surface area contributed by atoms with Gasteiger partial charge in [0.05, 0.1) is 0 Å². The zero-order valence-corrected chi connectivity index (χ0v) is 8.96. The monoisotopic (exact) mass is 177 g/mol. The molecule has 72 valence electrons. The molecule has 1 rings (SSSR count). The SMILES string of the molecule is Cc1ccc(C(N)C(C)C)c(C)c1. The minimum absolute atomic E-state index is 0.167. The van der Waals surface area contributed by atoms with Gasteiger partial charge in [0.15, 0.2) is 0 Å². The van der Waals surface area contributed by atoms with E-state index in [1.165, 1.54) is 16.7 Å². The molecule has 1 nitrogen and oxygen atoms in total. The van der Waals surface area contributed by atoms with Gasteiger partial charge in [0, 0.05) is 6.04 Å². The Bertz CT molecular complexity index is 289. The molecule has 0 bridgehead atoms. The van der Waals surface area contributed by atoms with E-state index >= 15 is 0 Å². The van der Waals surface area contributed by atoms with Crippen LogP contribution in [0.25, 0.3) is 0 Å². The lowest BCUT2D eigenvalue weighted by molar-refractivity contribution is 0.512. The van der Waals surface area contributed by atoms with Crippen molar-refractivity contribution in [2.45, 2.75) is 33.7 Å². The maximum Gasteiger partial charge on any atom is 0.0320 e. The Hall–Kier alpha value is -0.820. The molecule has 1 unspecified atom stereocenters. The first-order valence-corrected chi connectivity index (χ1v) is 4.85. The summed E-state index contributed by atoms with van der Waals surface area (Å²) in [5.41, 5.74) is 9.98. The number of hydrogen-bond acceptors (Lipinski definition) is 1. The zero-order chi connectivity index (χ0) is 10.0. The molecule has 0 saturated carbocycles. The van der Waals surface area contributed by atoms with Gasteiger partial charge in [-0.05, 0) is 30.9 Å². The van der Waals surface area contributed by atoms with E-state index in [-0.39, 0.29) is 6.04 Å². The first kappa shape index (κ1) is 10.3. The second kappa shape index (κ2) is 3.93. The van der Waals surface area contributed by atoms with Crippen molar-refractivity contribution in [1.82, 2.24) is 0 Å². The number of rotatable bonds is 2. The third kappa shape index (κ3) is 2.31. The van der Waals surface area contributed by atoms with Crippen molar-refractivity contribution in [3.63, 3.8) is 0 Å². The first-order chi connectivity index (χ1) is 6.02. The summed E-state index contributed by atoms with van der Waals surface area (Å²) in [6.45, 7) is 8.55. The number of hydrogen-bond donors (Lipinski definition) is 1. The molecule has 0 aliphatic heterocycles. The lowest BCUT2D eigenvalue weighted by Crippen LogP contribution is -2.17. The van der Waals surface area contributed by atoms with E-state index in [4.69, 9.17) is 5.73 Å². The summed E-state index contributed by atoms with van der Waals surface area (Å²) in [7, 11) is 0. The summed E-state index contributed by atoms with van der Waals surface area (Å²) in [5, 5.41) is 0.